The van der Waals surface area contributed by atoms with Crippen LogP contribution >= 0.6 is 50.9 Å². The Bertz CT molecular complexity index is 137. The average Bonchev–Trinajstić information content (AvgIpc) is 2.39. The lowest BCUT2D eigenvalue weighted by Crippen LogP contribution is -1.97. The van der Waals surface area contributed by atoms with Crippen LogP contribution in [0.4, 0.5) is 0 Å². The molecule has 3 nitrogen and oxygen atoms in total. The standard InChI is InChI=1S/C17H37N.3BrH.2H3N/c1-2-3-4-5-6-7-8-9-10-11-12-13-14-15-16-17-18;;;;;/h2-18H2,1H3;3*1H;2*1H3. The largest absolute Gasteiger partial charge is 0.344 e. The number of hydrogen-bond donors (Lipinski definition) is 3. The fraction of sp³-hybridized carbons (Fsp3) is 1.00. The molecular formula is C17H46Br3N3. The molecule has 0 aliphatic carbocycles. The van der Waals surface area contributed by atoms with Crippen LogP contribution in [0.3, 0.4) is 0 Å². The highest BCUT2D eigenvalue weighted by Gasteiger charge is 1.93. The van der Waals surface area contributed by atoms with E-state index in [0.29, 0.717) is 0 Å². The summed E-state index contributed by atoms with van der Waals surface area (Å²) in [7, 11) is 0. The molecule has 150 valence electrons. The summed E-state index contributed by atoms with van der Waals surface area (Å²) in [6, 6.07) is 0. The summed E-state index contributed by atoms with van der Waals surface area (Å²) in [6.45, 7) is 3.16. The summed E-state index contributed by atoms with van der Waals surface area (Å²) >= 11 is 0. The summed E-state index contributed by atoms with van der Waals surface area (Å²) in [6.07, 6.45) is 21.4. The highest BCUT2D eigenvalue weighted by atomic mass is 79.9. The molecule has 0 aliphatic heterocycles. The summed E-state index contributed by atoms with van der Waals surface area (Å²) in [4.78, 5) is 0. The Morgan fingerprint density at radius 2 is 0.652 bits per heavy atom. The zero-order chi connectivity index (χ0) is 13.3. The van der Waals surface area contributed by atoms with Crippen molar-refractivity contribution >= 4 is 50.9 Å². The van der Waals surface area contributed by atoms with Crippen molar-refractivity contribution in [2.24, 2.45) is 5.73 Å². The first kappa shape index (κ1) is 39.4. The minimum absolute atomic E-state index is 0. The minimum atomic E-state index is 0. The minimum Gasteiger partial charge on any atom is -0.344 e. The van der Waals surface area contributed by atoms with Gasteiger partial charge >= 0.3 is 0 Å². The lowest BCUT2D eigenvalue weighted by Gasteiger charge is -2.03. The van der Waals surface area contributed by atoms with Crippen molar-refractivity contribution in [3.8, 4) is 0 Å². The van der Waals surface area contributed by atoms with Gasteiger partial charge in [0.05, 0.1) is 0 Å². The van der Waals surface area contributed by atoms with Gasteiger partial charge < -0.3 is 18.0 Å². The number of hydrogen-bond acceptors (Lipinski definition) is 3. The van der Waals surface area contributed by atoms with Gasteiger partial charge in [0.2, 0.25) is 0 Å². The zero-order valence-corrected chi connectivity index (χ0v) is 20.7. The van der Waals surface area contributed by atoms with Gasteiger partial charge in [-0.2, -0.15) is 0 Å². The van der Waals surface area contributed by atoms with Gasteiger partial charge in [0.25, 0.3) is 0 Å². The van der Waals surface area contributed by atoms with Gasteiger partial charge in [-0.25, -0.2) is 0 Å². The molecule has 0 atom stereocenters. The van der Waals surface area contributed by atoms with E-state index >= 15 is 0 Å². The van der Waals surface area contributed by atoms with Crippen molar-refractivity contribution in [1.82, 2.24) is 12.3 Å². The molecule has 0 radical (unpaired) electrons. The normalized spacial score (nSPS) is 8.61. The second kappa shape index (κ2) is 38.7. The Balaban J connectivity index is -0.000000144. The van der Waals surface area contributed by atoms with Gasteiger partial charge in [0, 0.05) is 0 Å². The number of nitrogens with two attached hydrogens (primary N) is 1. The third kappa shape index (κ3) is 39.8. The van der Waals surface area contributed by atoms with E-state index in [-0.39, 0.29) is 63.2 Å². The third-order valence-electron chi connectivity index (χ3n) is 3.81. The van der Waals surface area contributed by atoms with E-state index in [1.54, 1.807) is 0 Å². The monoisotopic (exact) mass is 529 g/mol. The van der Waals surface area contributed by atoms with E-state index in [9.17, 15) is 0 Å². The Labute approximate surface area is 178 Å². The maximum absolute atomic E-state index is 5.48. The van der Waals surface area contributed by atoms with Gasteiger partial charge in [0.1, 0.15) is 0 Å². The van der Waals surface area contributed by atoms with E-state index < -0.39 is 0 Å². The molecular weight excluding hydrogens is 486 g/mol. The zero-order valence-electron chi connectivity index (χ0n) is 15.5. The van der Waals surface area contributed by atoms with Gasteiger partial charge in [-0.3, -0.25) is 0 Å². The van der Waals surface area contributed by atoms with Crippen LogP contribution in [0.5, 0.6) is 0 Å². The fourth-order valence-electron chi connectivity index (χ4n) is 2.52. The summed E-state index contributed by atoms with van der Waals surface area (Å²) in [5.74, 6) is 0. The summed E-state index contributed by atoms with van der Waals surface area (Å²) in [5.41, 5.74) is 5.48. The second-order valence-electron chi connectivity index (χ2n) is 5.74. The van der Waals surface area contributed by atoms with Crippen LogP contribution in [0.1, 0.15) is 103 Å². The van der Waals surface area contributed by atoms with E-state index in [4.69, 9.17) is 5.73 Å². The molecule has 23 heavy (non-hydrogen) atoms. The average molecular weight is 532 g/mol. The molecule has 0 saturated carbocycles. The molecule has 0 saturated heterocycles. The van der Waals surface area contributed by atoms with Crippen LogP contribution in [-0.4, -0.2) is 6.54 Å². The molecule has 0 aromatic heterocycles. The van der Waals surface area contributed by atoms with Gasteiger partial charge in [-0.05, 0) is 13.0 Å². The molecule has 8 N–H and O–H groups in total. The predicted octanol–water partition coefficient (Wildman–Crippen LogP) is 7.87. The van der Waals surface area contributed by atoms with Crippen molar-refractivity contribution < 1.29 is 0 Å². The molecule has 0 aliphatic rings. The molecule has 0 spiro atoms. The molecule has 6 heteroatoms. The van der Waals surface area contributed by atoms with Crippen molar-refractivity contribution in [1.29, 1.82) is 0 Å². The maximum atomic E-state index is 5.48. The van der Waals surface area contributed by atoms with Crippen LogP contribution in [0.15, 0.2) is 0 Å². The molecule has 0 unspecified atom stereocenters. The lowest BCUT2D eigenvalue weighted by molar-refractivity contribution is 0.533. The molecule has 0 bridgehead atoms. The van der Waals surface area contributed by atoms with Crippen molar-refractivity contribution in [3.05, 3.63) is 0 Å². The van der Waals surface area contributed by atoms with E-state index in [1.807, 2.05) is 0 Å². The van der Waals surface area contributed by atoms with Crippen molar-refractivity contribution in [2.75, 3.05) is 6.54 Å². The first-order valence-corrected chi connectivity index (χ1v) is 8.62. The molecule has 0 fully saturated rings. The smallest absolute Gasteiger partial charge is 0.00773 e. The van der Waals surface area contributed by atoms with Gasteiger partial charge in [-0.1, -0.05) is 96.8 Å². The Hall–Kier alpha value is 1.32. The summed E-state index contributed by atoms with van der Waals surface area (Å²) in [5, 5.41) is 0. The maximum Gasteiger partial charge on any atom is -0.00773 e. The second-order valence-corrected chi connectivity index (χ2v) is 5.74. The Morgan fingerprint density at radius 1 is 0.435 bits per heavy atom. The predicted molar refractivity (Wildman–Crippen MR) is 125 cm³/mol. The van der Waals surface area contributed by atoms with E-state index in [1.165, 1.54) is 96.3 Å². The van der Waals surface area contributed by atoms with Gasteiger partial charge in [0.15, 0.2) is 0 Å². The molecule has 0 aromatic rings. The van der Waals surface area contributed by atoms with Crippen LogP contribution in [-0.2, 0) is 0 Å². The van der Waals surface area contributed by atoms with Gasteiger partial charge in [-0.15, -0.1) is 50.9 Å². The quantitative estimate of drug-likeness (QED) is 0.187. The van der Waals surface area contributed by atoms with Crippen LogP contribution in [0, 0.1) is 0 Å². The van der Waals surface area contributed by atoms with E-state index in [2.05, 4.69) is 6.92 Å². The Morgan fingerprint density at radius 3 is 0.870 bits per heavy atom. The van der Waals surface area contributed by atoms with Crippen LogP contribution in [0.25, 0.3) is 0 Å². The van der Waals surface area contributed by atoms with Crippen LogP contribution < -0.4 is 18.0 Å². The first-order chi connectivity index (χ1) is 8.91. The van der Waals surface area contributed by atoms with E-state index in [0.717, 1.165) is 6.54 Å². The Kier molecular flexibility index (Phi) is 66.4. The molecule has 0 heterocycles. The topological polar surface area (TPSA) is 96.0 Å². The van der Waals surface area contributed by atoms with Crippen molar-refractivity contribution in [3.63, 3.8) is 0 Å². The highest BCUT2D eigenvalue weighted by molar-refractivity contribution is 8.93. The highest BCUT2D eigenvalue weighted by Crippen LogP contribution is 2.13. The number of halogens is 3. The lowest BCUT2D eigenvalue weighted by atomic mass is 10.0. The molecule has 0 aromatic carbocycles. The SMILES string of the molecule is Br.Br.Br.CCCCCCCCCCCCCCCCCN.N.N. The third-order valence-corrected chi connectivity index (χ3v) is 3.81. The summed E-state index contributed by atoms with van der Waals surface area (Å²) < 4.78 is 0. The van der Waals surface area contributed by atoms with Crippen LogP contribution in [0.2, 0.25) is 0 Å². The molecule has 0 amide bonds. The number of unbranched alkanes of at least 4 members (excludes halogenated alkanes) is 14. The first-order valence-electron chi connectivity index (χ1n) is 8.62. The molecule has 0 rings (SSSR count). The van der Waals surface area contributed by atoms with Crippen molar-refractivity contribution in [2.45, 2.75) is 103 Å². The number of rotatable bonds is 15. The fourth-order valence-corrected chi connectivity index (χ4v) is 2.52.